The number of pyridine rings is 1. The molecule has 0 aliphatic carbocycles. The van der Waals surface area contributed by atoms with E-state index in [1.165, 1.54) is 11.8 Å². The molecule has 2 heterocycles. The molecule has 3 rings (SSSR count). The molecular formula is C21H24N2O5S. The van der Waals surface area contributed by atoms with Gasteiger partial charge in [-0.25, -0.2) is 9.78 Å². The highest BCUT2D eigenvalue weighted by Crippen LogP contribution is 2.38. The molecule has 7 nitrogen and oxygen atoms in total. The van der Waals surface area contributed by atoms with Crippen LogP contribution in [0.1, 0.15) is 34.8 Å². The minimum Gasteiger partial charge on any atom is -0.497 e. The Labute approximate surface area is 174 Å². The Morgan fingerprint density at radius 3 is 2.79 bits per heavy atom. The van der Waals surface area contributed by atoms with Gasteiger partial charge in [-0.3, -0.25) is 4.79 Å². The second-order valence-electron chi connectivity index (χ2n) is 6.49. The normalized spacial score (nSPS) is 15.8. The van der Waals surface area contributed by atoms with Crippen LogP contribution in [-0.4, -0.2) is 55.4 Å². The first-order valence-corrected chi connectivity index (χ1v) is 10.5. The molecule has 0 spiro atoms. The van der Waals surface area contributed by atoms with Crippen LogP contribution >= 0.6 is 11.8 Å². The van der Waals surface area contributed by atoms with E-state index in [1.807, 2.05) is 24.5 Å². The first-order valence-electron chi connectivity index (χ1n) is 9.26. The number of amides is 1. The molecule has 0 unspecified atom stereocenters. The SMILES string of the molecule is COc1ccc(OC)c([C@H]2CCCN2C(=O)COC(=O)c2cccnc2SC)c1. The molecule has 0 bridgehead atoms. The van der Waals surface area contributed by atoms with Gasteiger partial charge in [0.1, 0.15) is 16.5 Å². The molecule has 8 heteroatoms. The predicted octanol–water partition coefficient (Wildman–Crippen LogP) is 3.34. The molecule has 1 saturated heterocycles. The number of carbonyl (C=O) groups is 2. The zero-order valence-corrected chi connectivity index (χ0v) is 17.5. The number of benzene rings is 1. The molecule has 1 fully saturated rings. The number of nitrogens with zero attached hydrogens (tertiary/aromatic N) is 2. The van der Waals surface area contributed by atoms with Gasteiger partial charge < -0.3 is 19.1 Å². The first kappa shape index (κ1) is 21.0. The lowest BCUT2D eigenvalue weighted by atomic mass is 10.0. The number of rotatable bonds is 7. The summed E-state index contributed by atoms with van der Waals surface area (Å²) in [6.45, 7) is 0.286. The molecule has 0 saturated carbocycles. The molecule has 0 N–H and O–H groups in total. The molecule has 1 aliphatic rings. The van der Waals surface area contributed by atoms with Crippen molar-refractivity contribution in [3.05, 3.63) is 47.7 Å². The van der Waals surface area contributed by atoms with Crippen molar-refractivity contribution in [3.8, 4) is 11.5 Å². The van der Waals surface area contributed by atoms with Crippen LogP contribution in [0.15, 0.2) is 41.6 Å². The average molecular weight is 416 g/mol. The van der Waals surface area contributed by atoms with Crippen LogP contribution in [0.25, 0.3) is 0 Å². The number of likely N-dealkylation sites (tertiary alicyclic amines) is 1. The minimum absolute atomic E-state index is 0.147. The number of esters is 1. The van der Waals surface area contributed by atoms with Crippen molar-refractivity contribution in [1.82, 2.24) is 9.88 Å². The van der Waals surface area contributed by atoms with E-state index in [0.29, 0.717) is 28.6 Å². The highest BCUT2D eigenvalue weighted by atomic mass is 32.2. The van der Waals surface area contributed by atoms with Gasteiger partial charge >= 0.3 is 5.97 Å². The van der Waals surface area contributed by atoms with Crippen LogP contribution in [0.2, 0.25) is 0 Å². The summed E-state index contributed by atoms with van der Waals surface area (Å²) < 4.78 is 16.1. The van der Waals surface area contributed by atoms with Crippen LogP contribution in [0, 0.1) is 0 Å². The monoisotopic (exact) mass is 416 g/mol. The van der Waals surface area contributed by atoms with E-state index in [2.05, 4.69) is 4.98 Å². The van der Waals surface area contributed by atoms with Gasteiger partial charge in [0.2, 0.25) is 0 Å². The zero-order chi connectivity index (χ0) is 20.8. The summed E-state index contributed by atoms with van der Waals surface area (Å²) in [5.41, 5.74) is 1.25. The van der Waals surface area contributed by atoms with Crippen molar-refractivity contribution in [3.63, 3.8) is 0 Å². The van der Waals surface area contributed by atoms with Crippen molar-refractivity contribution < 1.29 is 23.8 Å². The second kappa shape index (κ2) is 9.65. The summed E-state index contributed by atoms with van der Waals surface area (Å²) in [4.78, 5) is 31.1. The Morgan fingerprint density at radius 1 is 1.24 bits per heavy atom. The summed E-state index contributed by atoms with van der Waals surface area (Å²) in [5, 5.41) is 0.574. The summed E-state index contributed by atoms with van der Waals surface area (Å²) in [6.07, 6.45) is 5.12. The van der Waals surface area contributed by atoms with Gasteiger partial charge in [-0.05, 0) is 49.4 Å². The third-order valence-corrected chi connectivity index (χ3v) is 5.59. The van der Waals surface area contributed by atoms with E-state index in [-0.39, 0.29) is 18.6 Å². The van der Waals surface area contributed by atoms with E-state index in [1.54, 1.807) is 37.4 Å². The van der Waals surface area contributed by atoms with Crippen molar-refractivity contribution in [1.29, 1.82) is 0 Å². The number of hydrogen-bond donors (Lipinski definition) is 0. The van der Waals surface area contributed by atoms with Gasteiger partial charge in [0.15, 0.2) is 6.61 Å². The van der Waals surface area contributed by atoms with E-state index >= 15 is 0 Å². The number of thioether (sulfide) groups is 1. The summed E-state index contributed by atoms with van der Waals surface area (Å²) in [5.74, 6) is 0.617. The third-order valence-electron chi connectivity index (χ3n) is 4.88. The maximum atomic E-state index is 12.8. The number of aromatic nitrogens is 1. The molecule has 1 aromatic carbocycles. The van der Waals surface area contributed by atoms with Gasteiger partial charge in [-0.1, -0.05) is 0 Å². The molecule has 154 valence electrons. The Morgan fingerprint density at radius 2 is 2.07 bits per heavy atom. The third kappa shape index (κ3) is 4.64. The number of ether oxygens (including phenoxy) is 3. The van der Waals surface area contributed by atoms with E-state index < -0.39 is 5.97 Å². The maximum Gasteiger partial charge on any atom is 0.341 e. The topological polar surface area (TPSA) is 78.0 Å². The van der Waals surface area contributed by atoms with Crippen LogP contribution in [0.5, 0.6) is 11.5 Å². The quantitative estimate of drug-likeness (QED) is 0.506. The molecule has 1 aromatic heterocycles. The first-order chi connectivity index (χ1) is 14.1. The highest BCUT2D eigenvalue weighted by Gasteiger charge is 2.32. The van der Waals surface area contributed by atoms with Crippen LogP contribution in [0.4, 0.5) is 0 Å². The predicted molar refractivity (Wildman–Crippen MR) is 110 cm³/mol. The van der Waals surface area contributed by atoms with E-state index in [4.69, 9.17) is 14.2 Å². The molecule has 1 atom stereocenters. The Hall–Kier alpha value is -2.74. The summed E-state index contributed by atoms with van der Waals surface area (Å²) in [7, 11) is 3.20. The lowest BCUT2D eigenvalue weighted by Gasteiger charge is -2.26. The molecule has 29 heavy (non-hydrogen) atoms. The minimum atomic E-state index is -0.550. The van der Waals surface area contributed by atoms with Crippen molar-refractivity contribution >= 4 is 23.6 Å². The average Bonchev–Trinajstić information content (AvgIpc) is 3.26. The fraction of sp³-hybridized carbons (Fsp3) is 0.381. The van der Waals surface area contributed by atoms with Gasteiger partial charge in [0, 0.05) is 18.3 Å². The van der Waals surface area contributed by atoms with Crippen LogP contribution in [-0.2, 0) is 9.53 Å². The smallest absolute Gasteiger partial charge is 0.341 e. The Balaban J connectivity index is 1.71. The number of carbonyl (C=O) groups excluding carboxylic acids is 2. The second-order valence-corrected chi connectivity index (χ2v) is 7.28. The van der Waals surface area contributed by atoms with Crippen molar-refractivity contribution in [2.24, 2.45) is 0 Å². The highest BCUT2D eigenvalue weighted by molar-refractivity contribution is 7.98. The van der Waals surface area contributed by atoms with Gasteiger partial charge in [0.05, 0.1) is 25.8 Å². The largest absolute Gasteiger partial charge is 0.497 e. The number of methoxy groups -OCH3 is 2. The van der Waals surface area contributed by atoms with Crippen LogP contribution in [0.3, 0.4) is 0 Å². The zero-order valence-electron chi connectivity index (χ0n) is 16.7. The maximum absolute atomic E-state index is 12.8. The van der Waals surface area contributed by atoms with E-state index in [0.717, 1.165) is 18.4 Å². The Bertz CT molecular complexity index is 889. The lowest BCUT2D eigenvalue weighted by Crippen LogP contribution is -2.34. The van der Waals surface area contributed by atoms with Crippen LogP contribution < -0.4 is 9.47 Å². The summed E-state index contributed by atoms with van der Waals surface area (Å²) >= 11 is 1.36. The standard InChI is InChI=1S/C21H24N2O5S/c1-26-14-8-9-18(27-2)16(12-14)17-7-5-11-23(17)19(24)13-28-21(25)15-6-4-10-22-20(15)29-3/h4,6,8-10,12,17H,5,7,11,13H2,1-3H3/t17-/m1/s1. The molecule has 1 aliphatic heterocycles. The summed E-state index contributed by atoms with van der Waals surface area (Å²) in [6, 6.07) is 8.71. The van der Waals surface area contributed by atoms with Crippen molar-refractivity contribution in [2.45, 2.75) is 23.9 Å². The molecule has 1 amide bonds. The van der Waals surface area contributed by atoms with Gasteiger partial charge in [-0.2, -0.15) is 0 Å². The fourth-order valence-electron chi connectivity index (χ4n) is 3.49. The number of hydrogen-bond acceptors (Lipinski definition) is 7. The van der Waals surface area contributed by atoms with Gasteiger partial charge in [-0.15, -0.1) is 11.8 Å². The molecule has 2 aromatic rings. The molecule has 0 radical (unpaired) electrons. The fourth-order valence-corrected chi connectivity index (χ4v) is 4.02. The Kier molecular flexibility index (Phi) is 6.98. The van der Waals surface area contributed by atoms with Gasteiger partial charge in [0.25, 0.3) is 5.91 Å². The van der Waals surface area contributed by atoms with Crippen molar-refractivity contribution in [2.75, 3.05) is 33.6 Å². The lowest BCUT2D eigenvalue weighted by molar-refractivity contribution is -0.135. The molecular weight excluding hydrogens is 392 g/mol. The van der Waals surface area contributed by atoms with E-state index in [9.17, 15) is 9.59 Å².